The van der Waals surface area contributed by atoms with Crippen molar-refractivity contribution in [1.29, 1.82) is 0 Å². The first kappa shape index (κ1) is 20.7. The van der Waals surface area contributed by atoms with Crippen LogP contribution in [0, 0.1) is 5.92 Å². The number of thioether (sulfide) groups is 1. The Kier molecular flexibility index (Phi) is 8.90. The third kappa shape index (κ3) is 7.33. The molecule has 0 aromatic rings. The molecule has 0 radical (unpaired) electrons. The predicted molar refractivity (Wildman–Crippen MR) is 118 cm³/mol. The van der Waals surface area contributed by atoms with Gasteiger partial charge in [0, 0.05) is 29.5 Å². The first-order chi connectivity index (χ1) is 12.6. The SMILES string of the molecule is C=C(/C=C/C1CCCCC1)S/C=C\NCC(=C)N(C)C1=CCCC(C)=C1. The van der Waals surface area contributed by atoms with E-state index in [-0.39, 0.29) is 0 Å². The third-order valence-electron chi connectivity index (χ3n) is 5.06. The average Bonchev–Trinajstić information content (AvgIpc) is 2.66. The molecule has 1 saturated carbocycles. The summed E-state index contributed by atoms with van der Waals surface area (Å²) in [5.74, 6) is 0.758. The van der Waals surface area contributed by atoms with Gasteiger partial charge in [0.1, 0.15) is 0 Å². The molecular formula is C23H34N2S. The lowest BCUT2D eigenvalue weighted by Gasteiger charge is -2.25. The molecule has 1 fully saturated rings. The number of rotatable bonds is 9. The molecule has 0 aliphatic heterocycles. The highest BCUT2D eigenvalue weighted by atomic mass is 32.2. The Morgan fingerprint density at radius 2 is 2.08 bits per heavy atom. The fraction of sp³-hybridized carbons (Fsp3) is 0.478. The lowest BCUT2D eigenvalue weighted by molar-refractivity contribution is 0.419. The minimum absolute atomic E-state index is 0.738. The number of hydrogen-bond acceptors (Lipinski definition) is 3. The van der Waals surface area contributed by atoms with Gasteiger partial charge in [-0.1, -0.05) is 68.0 Å². The molecule has 0 aromatic heterocycles. The van der Waals surface area contributed by atoms with Crippen molar-refractivity contribution in [3.63, 3.8) is 0 Å². The van der Waals surface area contributed by atoms with Gasteiger partial charge in [-0.15, -0.1) is 0 Å². The summed E-state index contributed by atoms with van der Waals surface area (Å²) < 4.78 is 0. The van der Waals surface area contributed by atoms with Crippen LogP contribution in [0.15, 0.2) is 70.9 Å². The van der Waals surface area contributed by atoms with Gasteiger partial charge in [-0.2, -0.15) is 0 Å². The number of hydrogen-bond donors (Lipinski definition) is 1. The van der Waals surface area contributed by atoms with E-state index in [0.29, 0.717) is 0 Å². The second kappa shape index (κ2) is 11.2. The summed E-state index contributed by atoms with van der Waals surface area (Å²) in [5, 5.41) is 5.38. The van der Waals surface area contributed by atoms with Gasteiger partial charge < -0.3 is 10.2 Å². The maximum absolute atomic E-state index is 4.19. The Morgan fingerprint density at radius 3 is 2.81 bits per heavy atom. The molecule has 3 heteroatoms. The van der Waals surface area contributed by atoms with E-state index in [9.17, 15) is 0 Å². The van der Waals surface area contributed by atoms with Crippen LogP contribution in [0.3, 0.4) is 0 Å². The van der Waals surface area contributed by atoms with Crippen LogP contribution in [0.1, 0.15) is 51.9 Å². The molecule has 0 heterocycles. The fourth-order valence-electron chi connectivity index (χ4n) is 3.32. The highest BCUT2D eigenvalue weighted by Gasteiger charge is 2.10. The number of nitrogens with one attached hydrogen (secondary N) is 1. The van der Waals surface area contributed by atoms with Crippen LogP contribution in [0.5, 0.6) is 0 Å². The molecule has 142 valence electrons. The van der Waals surface area contributed by atoms with E-state index in [0.717, 1.165) is 29.5 Å². The largest absolute Gasteiger partial charge is 0.385 e. The van der Waals surface area contributed by atoms with Crippen molar-refractivity contribution in [1.82, 2.24) is 10.2 Å². The molecule has 2 nitrogen and oxygen atoms in total. The maximum atomic E-state index is 4.19. The second-order valence-corrected chi connectivity index (χ2v) is 8.34. The highest BCUT2D eigenvalue weighted by Crippen LogP contribution is 2.26. The molecule has 2 aliphatic carbocycles. The quantitative estimate of drug-likeness (QED) is 0.466. The van der Waals surface area contributed by atoms with Gasteiger partial charge in [-0.05, 0) is 50.0 Å². The van der Waals surface area contributed by atoms with E-state index in [1.54, 1.807) is 11.8 Å². The Morgan fingerprint density at radius 1 is 1.31 bits per heavy atom. The molecule has 1 N–H and O–H groups in total. The van der Waals surface area contributed by atoms with Crippen molar-refractivity contribution >= 4 is 11.8 Å². The molecule has 0 unspecified atom stereocenters. The maximum Gasteiger partial charge on any atom is 0.0541 e. The lowest BCUT2D eigenvalue weighted by atomic mass is 9.89. The van der Waals surface area contributed by atoms with Crippen LogP contribution in [-0.4, -0.2) is 18.5 Å². The van der Waals surface area contributed by atoms with Crippen molar-refractivity contribution in [2.45, 2.75) is 51.9 Å². The average molecular weight is 371 g/mol. The topological polar surface area (TPSA) is 15.3 Å². The van der Waals surface area contributed by atoms with Gasteiger partial charge >= 0.3 is 0 Å². The van der Waals surface area contributed by atoms with E-state index >= 15 is 0 Å². The Balaban J connectivity index is 1.65. The molecule has 2 aliphatic rings. The van der Waals surface area contributed by atoms with E-state index in [1.165, 1.54) is 49.8 Å². The predicted octanol–water partition coefficient (Wildman–Crippen LogP) is 6.50. The van der Waals surface area contributed by atoms with Crippen LogP contribution < -0.4 is 5.32 Å². The summed E-state index contributed by atoms with van der Waals surface area (Å²) in [6.45, 7) is 11.2. The van der Waals surface area contributed by atoms with Crippen molar-refractivity contribution in [2.75, 3.05) is 13.6 Å². The first-order valence-electron chi connectivity index (χ1n) is 9.77. The van der Waals surface area contributed by atoms with E-state index in [1.807, 2.05) is 6.20 Å². The zero-order chi connectivity index (χ0) is 18.8. The van der Waals surface area contributed by atoms with Crippen molar-refractivity contribution in [3.05, 3.63) is 70.9 Å². The van der Waals surface area contributed by atoms with Crippen molar-refractivity contribution in [3.8, 4) is 0 Å². The van der Waals surface area contributed by atoms with Gasteiger partial charge in [-0.25, -0.2) is 0 Å². The van der Waals surface area contributed by atoms with Gasteiger partial charge in [0.25, 0.3) is 0 Å². The summed E-state index contributed by atoms with van der Waals surface area (Å²) in [7, 11) is 2.08. The summed E-state index contributed by atoms with van der Waals surface area (Å²) in [6, 6.07) is 0. The number of allylic oxidation sites excluding steroid dienone is 5. The Hall–Kier alpha value is -1.61. The molecule has 2 rings (SSSR count). The standard InChI is InChI=1S/C23H34N2S/c1-19-9-8-12-23(17-19)25(4)20(2)18-24-15-16-26-21(3)13-14-22-10-6-5-7-11-22/h12-17,22,24H,2-3,5-11,18H2,1,4H3/b14-13+,16-15-. The molecule has 0 atom stereocenters. The molecule has 0 spiro atoms. The summed E-state index contributed by atoms with van der Waals surface area (Å²) in [6.07, 6.45) is 20.2. The van der Waals surface area contributed by atoms with Crippen LogP contribution in [0.4, 0.5) is 0 Å². The molecule has 0 bridgehead atoms. The van der Waals surface area contributed by atoms with E-state index < -0.39 is 0 Å². The Labute approximate surface area is 164 Å². The summed E-state index contributed by atoms with van der Waals surface area (Å²) >= 11 is 1.66. The monoisotopic (exact) mass is 370 g/mol. The van der Waals surface area contributed by atoms with Crippen LogP contribution in [0.25, 0.3) is 0 Å². The third-order valence-corrected chi connectivity index (χ3v) is 5.77. The van der Waals surface area contributed by atoms with Crippen molar-refractivity contribution in [2.24, 2.45) is 5.92 Å². The Bertz CT molecular complexity index is 604. The van der Waals surface area contributed by atoms with Crippen LogP contribution >= 0.6 is 11.8 Å². The zero-order valence-electron chi connectivity index (χ0n) is 16.5. The lowest BCUT2D eigenvalue weighted by Crippen LogP contribution is -2.23. The van der Waals surface area contributed by atoms with E-state index in [4.69, 9.17) is 0 Å². The smallest absolute Gasteiger partial charge is 0.0541 e. The molecule has 0 amide bonds. The molecule has 0 aromatic carbocycles. The molecule has 0 saturated heterocycles. The van der Waals surface area contributed by atoms with Gasteiger partial charge in [0.05, 0.1) is 6.54 Å². The van der Waals surface area contributed by atoms with Crippen molar-refractivity contribution < 1.29 is 0 Å². The van der Waals surface area contributed by atoms with Gasteiger partial charge in [0.2, 0.25) is 0 Å². The van der Waals surface area contributed by atoms with Gasteiger partial charge in [0.15, 0.2) is 0 Å². The normalized spacial score (nSPS) is 18.7. The summed E-state index contributed by atoms with van der Waals surface area (Å²) in [4.78, 5) is 3.26. The van der Waals surface area contributed by atoms with Gasteiger partial charge in [-0.3, -0.25) is 0 Å². The minimum atomic E-state index is 0.738. The van der Waals surface area contributed by atoms with Crippen LogP contribution in [0.2, 0.25) is 0 Å². The minimum Gasteiger partial charge on any atom is -0.385 e. The number of nitrogens with zero attached hydrogens (tertiary/aromatic N) is 1. The first-order valence-corrected chi connectivity index (χ1v) is 10.6. The second-order valence-electron chi connectivity index (χ2n) is 7.31. The molecular weight excluding hydrogens is 336 g/mol. The fourth-order valence-corrected chi connectivity index (χ4v) is 3.82. The van der Waals surface area contributed by atoms with E-state index in [2.05, 4.69) is 67.1 Å². The van der Waals surface area contributed by atoms with Crippen LogP contribution in [-0.2, 0) is 0 Å². The zero-order valence-corrected chi connectivity index (χ0v) is 17.3. The number of likely N-dealkylation sites (N-methyl/N-ethyl adjacent to an activating group) is 1. The highest BCUT2D eigenvalue weighted by molar-refractivity contribution is 8.06. The molecule has 26 heavy (non-hydrogen) atoms. The summed E-state index contributed by atoms with van der Waals surface area (Å²) in [5.41, 5.74) is 3.75.